The molecule has 0 bridgehead atoms. The molecule has 0 saturated carbocycles. The molecule has 0 heterocycles. The quantitative estimate of drug-likeness (QED) is 0.577. The van der Waals surface area contributed by atoms with Gasteiger partial charge in [0.2, 0.25) is 0 Å². The van der Waals surface area contributed by atoms with Crippen molar-refractivity contribution < 1.29 is 14.3 Å². The van der Waals surface area contributed by atoms with Crippen LogP contribution in [0.1, 0.15) is 41.0 Å². The molecule has 0 radical (unpaired) electrons. The maximum absolute atomic E-state index is 11.2. The van der Waals surface area contributed by atoms with Gasteiger partial charge in [0.05, 0.1) is 19.8 Å². The van der Waals surface area contributed by atoms with Crippen LogP contribution in [0.2, 0.25) is 0 Å². The first-order chi connectivity index (χ1) is 8.39. The lowest BCUT2D eigenvalue weighted by molar-refractivity contribution is -0.127. The van der Waals surface area contributed by atoms with Crippen LogP contribution in [0.25, 0.3) is 0 Å². The van der Waals surface area contributed by atoms with Crippen molar-refractivity contribution in [3.8, 4) is 0 Å². The Morgan fingerprint density at radius 2 is 1.78 bits per heavy atom. The van der Waals surface area contributed by atoms with Crippen molar-refractivity contribution in [1.82, 2.24) is 5.32 Å². The summed E-state index contributed by atoms with van der Waals surface area (Å²) in [7, 11) is 0. The third-order valence-corrected chi connectivity index (χ3v) is 2.99. The lowest BCUT2D eigenvalue weighted by Crippen LogP contribution is -2.40. The van der Waals surface area contributed by atoms with E-state index in [-0.39, 0.29) is 23.8 Å². The second-order valence-corrected chi connectivity index (χ2v) is 5.45. The van der Waals surface area contributed by atoms with E-state index in [0.29, 0.717) is 19.8 Å². The zero-order valence-corrected chi connectivity index (χ0v) is 12.5. The molecule has 108 valence electrons. The number of Topliss-reactive ketones (excluding diaryl/α,β-unsaturated/α-hetero) is 1. The van der Waals surface area contributed by atoms with Crippen LogP contribution in [0.15, 0.2) is 0 Å². The van der Waals surface area contributed by atoms with Crippen LogP contribution in [-0.4, -0.2) is 44.3 Å². The van der Waals surface area contributed by atoms with E-state index in [4.69, 9.17) is 9.47 Å². The molecule has 18 heavy (non-hydrogen) atoms. The number of hydrogen-bond acceptors (Lipinski definition) is 4. The Bertz CT molecular complexity index is 227. The second kappa shape index (κ2) is 9.48. The molecule has 1 N–H and O–H groups in total. The molecule has 0 aliphatic rings. The Balaban J connectivity index is 3.29. The maximum atomic E-state index is 11.2. The van der Waals surface area contributed by atoms with E-state index in [1.54, 1.807) is 0 Å². The minimum atomic E-state index is 0.0476. The number of rotatable bonds is 11. The third kappa shape index (κ3) is 9.57. The van der Waals surface area contributed by atoms with Crippen molar-refractivity contribution in [3.05, 3.63) is 0 Å². The molecular weight excluding hydrogens is 230 g/mol. The monoisotopic (exact) mass is 259 g/mol. The van der Waals surface area contributed by atoms with Gasteiger partial charge in [0.1, 0.15) is 6.61 Å². The Hall–Kier alpha value is -0.450. The lowest BCUT2D eigenvalue weighted by atomic mass is 10.0. The number of hydrogen-bond donors (Lipinski definition) is 1. The molecule has 0 saturated heterocycles. The van der Waals surface area contributed by atoms with Crippen molar-refractivity contribution in [2.75, 3.05) is 33.0 Å². The smallest absolute Gasteiger partial charge is 0.160 e. The predicted molar refractivity (Wildman–Crippen MR) is 73.9 cm³/mol. The molecular formula is C14H29NO3. The minimum absolute atomic E-state index is 0.0476. The van der Waals surface area contributed by atoms with Crippen molar-refractivity contribution in [1.29, 1.82) is 0 Å². The standard InChI is InChI=1S/C14H29NO3/c1-6-14(4,5)15-7-8-17-9-10-18-11-13(16)12(2)3/h12,15H,6-11H2,1-5H3. The number of ketones is 1. The van der Waals surface area contributed by atoms with E-state index in [1.807, 2.05) is 13.8 Å². The van der Waals surface area contributed by atoms with Crippen LogP contribution in [0.4, 0.5) is 0 Å². The summed E-state index contributed by atoms with van der Waals surface area (Å²) < 4.78 is 10.6. The van der Waals surface area contributed by atoms with Crippen molar-refractivity contribution >= 4 is 5.78 Å². The van der Waals surface area contributed by atoms with E-state index < -0.39 is 0 Å². The van der Waals surface area contributed by atoms with Crippen LogP contribution in [-0.2, 0) is 14.3 Å². The van der Waals surface area contributed by atoms with Crippen LogP contribution in [0.5, 0.6) is 0 Å². The molecule has 4 nitrogen and oxygen atoms in total. The highest BCUT2D eigenvalue weighted by molar-refractivity contribution is 5.81. The molecule has 0 aromatic rings. The number of ether oxygens (including phenoxy) is 2. The van der Waals surface area contributed by atoms with Gasteiger partial charge in [-0.2, -0.15) is 0 Å². The molecule has 0 fully saturated rings. The topological polar surface area (TPSA) is 47.6 Å². The Labute approximate surface area is 111 Å². The first kappa shape index (κ1) is 17.6. The van der Waals surface area contributed by atoms with Crippen molar-refractivity contribution in [2.24, 2.45) is 5.92 Å². The van der Waals surface area contributed by atoms with E-state index in [1.165, 1.54) is 0 Å². The van der Waals surface area contributed by atoms with Crippen molar-refractivity contribution in [3.63, 3.8) is 0 Å². The van der Waals surface area contributed by atoms with Crippen LogP contribution in [0.3, 0.4) is 0 Å². The van der Waals surface area contributed by atoms with Gasteiger partial charge in [0, 0.05) is 18.0 Å². The molecule has 0 rings (SSSR count). The van der Waals surface area contributed by atoms with E-state index in [0.717, 1.165) is 13.0 Å². The van der Waals surface area contributed by atoms with Crippen molar-refractivity contribution in [2.45, 2.75) is 46.6 Å². The minimum Gasteiger partial charge on any atom is -0.378 e. The molecule has 0 aromatic heterocycles. The Kier molecular flexibility index (Phi) is 9.24. The summed E-state index contributed by atoms with van der Waals surface area (Å²) in [6.45, 7) is 13.0. The highest BCUT2D eigenvalue weighted by Gasteiger charge is 2.12. The fourth-order valence-electron chi connectivity index (χ4n) is 1.15. The van der Waals surface area contributed by atoms with E-state index in [2.05, 4.69) is 26.1 Å². The summed E-state index contributed by atoms with van der Waals surface area (Å²) in [4.78, 5) is 11.2. The summed E-state index contributed by atoms with van der Waals surface area (Å²) in [5, 5.41) is 3.41. The number of carbonyl (C=O) groups excluding carboxylic acids is 1. The van der Waals surface area contributed by atoms with Gasteiger partial charge in [-0.1, -0.05) is 20.8 Å². The van der Waals surface area contributed by atoms with Crippen LogP contribution in [0, 0.1) is 5.92 Å². The molecule has 0 spiro atoms. The average molecular weight is 259 g/mol. The molecule has 0 amide bonds. The fraction of sp³-hybridized carbons (Fsp3) is 0.929. The van der Waals surface area contributed by atoms with Gasteiger partial charge in [-0.25, -0.2) is 0 Å². The maximum Gasteiger partial charge on any atom is 0.160 e. The van der Waals surface area contributed by atoms with Gasteiger partial charge in [0.25, 0.3) is 0 Å². The molecule has 0 aromatic carbocycles. The van der Waals surface area contributed by atoms with Gasteiger partial charge in [-0.15, -0.1) is 0 Å². The lowest BCUT2D eigenvalue weighted by Gasteiger charge is -2.24. The average Bonchev–Trinajstić information content (AvgIpc) is 2.32. The Morgan fingerprint density at radius 3 is 2.33 bits per heavy atom. The van der Waals surface area contributed by atoms with Crippen LogP contribution < -0.4 is 5.32 Å². The SMILES string of the molecule is CCC(C)(C)NCCOCCOCC(=O)C(C)C. The number of carbonyl (C=O) groups is 1. The number of nitrogens with one attached hydrogen (secondary N) is 1. The second-order valence-electron chi connectivity index (χ2n) is 5.45. The highest BCUT2D eigenvalue weighted by Crippen LogP contribution is 2.05. The summed E-state index contributed by atoms with van der Waals surface area (Å²) >= 11 is 0. The molecule has 0 aliphatic heterocycles. The van der Waals surface area contributed by atoms with E-state index >= 15 is 0 Å². The summed E-state index contributed by atoms with van der Waals surface area (Å²) in [6.07, 6.45) is 1.09. The zero-order valence-electron chi connectivity index (χ0n) is 12.5. The third-order valence-electron chi connectivity index (χ3n) is 2.99. The zero-order chi connectivity index (χ0) is 14.0. The summed E-state index contributed by atoms with van der Waals surface area (Å²) in [6, 6.07) is 0. The fourth-order valence-corrected chi connectivity index (χ4v) is 1.15. The summed E-state index contributed by atoms with van der Waals surface area (Å²) in [5.74, 6) is 0.188. The van der Waals surface area contributed by atoms with Gasteiger partial charge in [-0.3, -0.25) is 4.79 Å². The van der Waals surface area contributed by atoms with Gasteiger partial charge < -0.3 is 14.8 Å². The van der Waals surface area contributed by atoms with Gasteiger partial charge in [0.15, 0.2) is 5.78 Å². The summed E-state index contributed by atoms with van der Waals surface area (Å²) in [5.41, 5.74) is 0.170. The Morgan fingerprint density at radius 1 is 1.17 bits per heavy atom. The predicted octanol–water partition coefficient (Wildman–Crippen LogP) is 2.02. The van der Waals surface area contributed by atoms with Gasteiger partial charge in [-0.05, 0) is 20.3 Å². The normalized spacial score (nSPS) is 12.1. The van der Waals surface area contributed by atoms with Crippen LogP contribution >= 0.6 is 0 Å². The van der Waals surface area contributed by atoms with Gasteiger partial charge >= 0.3 is 0 Å². The molecule has 4 heteroatoms. The highest BCUT2D eigenvalue weighted by atomic mass is 16.5. The van der Waals surface area contributed by atoms with E-state index in [9.17, 15) is 4.79 Å². The first-order valence-electron chi connectivity index (χ1n) is 6.82. The molecule has 0 unspecified atom stereocenters. The molecule has 0 aliphatic carbocycles. The first-order valence-corrected chi connectivity index (χ1v) is 6.82. The largest absolute Gasteiger partial charge is 0.378 e. The molecule has 0 atom stereocenters.